The second-order valence-corrected chi connectivity index (χ2v) is 3.57. The first-order valence-corrected chi connectivity index (χ1v) is 4.67. The summed E-state index contributed by atoms with van der Waals surface area (Å²) in [5.74, 6) is 0. The molecule has 0 bridgehead atoms. The average molecular weight is 190 g/mol. The zero-order valence-corrected chi connectivity index (χ0v) is 8.29. The van der Waals surface area contributed by atoms with Gasteiger partial charge in [0.25, 0.3) is 0 Å². The van der Waals surface area contributed by atoms with Crippen LogP contribution in [0.1, 0.15) is 16.7 Å². The molecule has 0 spiro atoms. The quantitative estimate of drug-likeness (QED) is 0.582. The van der Waals surface area contributed by atoms with Gasteiger partial charge in [-0.2, -0.15) is 0 Å². The van der Waals surface area contributed by atoms with E-state index in [1.54, 1.807) is 7.11 Å². The maximum absolute atomic E-state index is 7.19. The second-order valence-electron chi connectivity index (χ2n) is 3.57. The van der Waals surface area contributed by atoms with Crippen LogP contribution in [-0.4, -0.2) is 18.3 Å². The number of methoxy groups -OCH3 is 1. The van der Waals surface area contributed by atoms with Crippen LogP contribution in [0.4, 0.5) is 0 Å². The molecule has 2 rings (SSSR count). The Balaban J connectivity index is 2.21. The molecule has 1 aliphatic rings. The van der Waals surface area contributed by atoms with Crippen molar-refractivity contribution >= 4 is 6.34 Å². The Morgan fingerprint density at radius 2 is 2.21 bits per heavy atom. The minimum atomic E-state index is 0.665. The van der Waals surface area contributed by atoms with Gasteiger partial charge in [-0.3, -0.25) is 5.41 Å². The van der Waals surface area contributed by atoms with Gasteiger partial charge in [0, 0.05) is 20.2 Å². The van der Waals surface area contributed by atoms with Crippen molar-refractivity contribution in [2.24, 2.45) is 0 Å². The number of fused-ring (bicyclic) bond motifs is 1. The first-order chi connectivity index (χ1) is 6.83. The fraction of sp³-hybridized carbons (Fsp3) is 0.364. The molecule has 0 aromatic heterocycles. The van der Waals surface area contributed by atoms with E-state index in [0.717, 1.165) is 13.1 Å². The topological polar surface area (TPSA) is 36.3 Å². The zero-order valence-electron chi connectivity index (χ0n) is 8.29. The average Bonchev–Trinajstić information content (AvgIpc) is 2.60. The van der Waals surface area contributed by atoms with Gasteiger partial charge in [0.1, 0.15) is 0 Å². The number of nitrogens with zero attached hydrogens (tertiary/aromatic N) is 1. The smallest absolute Gasteiger partial charge is 0.0823 e. The first-order valence-electron chi connectivity index (χ1n) is 4.67. The summed E-state index contributed by atoms with van der Waals surface area (Å²) in [5, 5.41) is 7.19. The third-order valence-electron chi connectivity index (χ3n) is 2.51. The lowest BCUT2D eigenvalue weighted by Crippen LogP contribution is -2.12. The van der Waals surface area contributed by atoms with Crippen molar-refractivity contribution in [1.29, 1.82) is 5.41 Å². The van der Waals surface area contributed by atoms with Gasteiger partial charge < -0.3 is 9.64 Å². The monoisotopic (exact) mass is 190 g/mol. The molecule has 0 saturated heterocycles. The molecule has 3 nitrogen and oxygen atoms in total. The van der Waals surface area contributed by atoms with Gasteiger partial charge in [0.15, 0.2) is 0 Å². The van der Waals surface area contributed by atoms with Crippen LogP contribution in [0.3, 0.4) is 0 Å². The molecule has 0 saturated carbocycles. The molecule has 0 radical (unpaired) electrons. The highest BCUT2D eigenvalue weighted by Gasteiger charge is 2.15. The van der Waals surface area contributed by atoms with Gasteiger partial charge in [-0.1, -0.05) is 18.2 Å². The Hall–Kier alpha value is -1.35. The Labute approximate surface area is 83.8 Å². The summed E-state index contributed by atoms with van der Waals surface area (Å²) < 4.78 is 5.08. The van der Waals surface area contributed by atoms with Crippen molar-refractivity contribution in [3.05, 3.63) is 34.9 Å². The third-order valence-corrected chi connectivity index (χ3v) is 2.51. The molecule has 0 amide bonds. The minimum Gasteiger partial charge on any atom is -0.380 e. The van der Waals surface area contributed by atoms with Crippen LogP contribution < -0.4 is 0 Å². The highest BCUT2D eigenvalue weighted by Crippen LogP contribution is 2.22. The zero-order chi connectivity index (χ0) is 9.97. The number of benzene rings is 1. The molecule has 0 unspecified atom stereocenters. The van der Waals surface area contributed by atoms with Crippen molar-refractivity contribution in [2.45, 2.75) is 19.7 Å². The van der Waals surface area contributed by atoms with Gasteiger partial charge in [-0.05, 0) is 16.7 Å². The number of rotatable bonds is 3. The molecule has 1 heterocycles. The lowest BCUT2D eigenvalue weighted by atomic mass is 10.1. The lowest BCUT2D eigenvalue weighted by molar-refractivity contribution is 0.185. The molecular weight excluding hydrogens is 176 g/mol. The van der Waals surface area contributed by atoms with E-state index in [4.69, 9.17) is 10.1 Å². The molecule has 14 heavy (non-hydrogen) atoms. The molecule has 3 heteroatoms. The van der Waals surface area contributed by atoms with E-state index in [0.29, 0.717) is 6.61 Å². The van der Waals surface area contributed by atoms with Crippen LogP contribution >= 0.6 is 0 Å². The van der Waals surface area contributed by atoms with E-state index in [-0.39, 0.29) is 0 Å². The van der Waals surface area contributed by atoms with E-state index in [9.17, 15) is 0 Å². The van der Waals surface area contributed by atoms with Gasteiger partial charge in [-0.15, -0.1) is 0 Å². The number of ether oxygens (including phenoxy) is 1. The van der Waals surface area contributed by atoms with Crippen molar-refractivity contribution in [1.82, 2.24) is 4.90 Å². The first kappa shape index (κ1) is 9.21. The van der Waals surface area contributed by atoms with Crippen molar-refractivity contribution < 1.29 is 4.74 Å². The Kier molecular flexibility index (Phi) is 2.50. The highest BCUT2D eigenvalue weighted by atomic mass is 16.5. The standard InChI is InChI=1S/C11H14N2O/c1-14-7-9-2-3-10-5-13(8-12)6-11(10)4-9/h2-4,8,12H,5-7H2,1H3. The van der Waals surface area contributed by atoms with Crippen LogP contribution in [-0.2, 0) is 24.4 Å². The third kappa shape index (κ3) is 1.63. The summed E-state index contributed by atoms with van der Waals surface area (Å²) >= 11 is 0. The lowest BCUT2D eigenvalue weighted by Gasteiger charge is -2.06. The number of hydrogen-bond acceptors (Lipinski definition) is 2. The van der Waals surface area contributed by atoms with Crippen LogP contribution in [0.25, 0.3) is 0 Å². The van der Waals surface area contributed by atoms with Crippen molar-refractivity contribution in [2.75, 3.05) is 7.11 Å². The molecular formula is C11H14N2O. The Morgan fingerprint density at radius 1 is 1.43 bits per heavy atom. The molecule has 0 atom stereocenters. The van der Waals surface area contributed by atoms with E-state index in [2.05, 4.69) is 18.2 Å². The predicted molar refractivity (Wildman–Crippen MR) is 55.2 cm³/mol. The van der Waals surface area contributed by atoms with Crippen LogP contribution in [0, 0.1) is 5.41 Å². The fourth-order valence-electron chi connectivity index (χ4n) is 1.82. The summed E-state index contributed by atoms with van der Waals surface area (Å²) in [7, 11) is 1.71. The molecule has 1 aromatic carbocycles. The SMILES string of the molecule is COCc1ccc2c(c1)CN(C=N)C2. The molecule has 1 N–H and O–H groups in total. The van der Waals surface area contributed by atoms with Gasteiger partial charge in [-0.25, -0.2) is 0 Å². The van der Waals surface area contributed by atoms with E-state index in [1.807, 2.05) is 4.90 Å². The van der Waals surface area contributed by atoms with Gasteiger partial charge >= 0.3 is 0 Å². The molecule has 1 aromatic rings. The van der Waals surface area contributed by atoms with Crippen LogP contribution in [0.5, 0.6) is 0 Å². The van der Waals surface area contributed by atoms with Crippen molar-refractivity contribution in [3.8, 4) is 0 Å². The number of hydrogen-bond donors (Lipinski definition) is 1. The van der Waals surface area contributed by atoms with E-state index >= 15 is 0 Å². The Morgan fingerprint density at radius 3 is 2.93 bits per heavy atom. The fourth-order valence-corrected chi connectivity index (χ4v) is 1.82. The van der Waals surface area contributed by atoms with Crippen LogP contribution in [0.2, 0.25) is 0 Å². The number of nitrogens with one attached hydrogen (secondary N) is 1. The van der Waals surface area contributed by atoms with Crippen molar-refractivity contribution in [3.63, 3.8) is 0 Å². The summed E-state index contributed by atoms with van der Waals surface area (Å²) in [6.45, 7) is 2.39. The maximum Gasteiger partial charge on any atom is 0.0823 e. The summed E-state index contributed by atoms with van der Waals surface area (Å²) in [6.07, 6.45) is 1.40. The summed E-state index contributed by atoms with van der Waals surface area (Å²) in [5.41, 5.74) is 3.86. The Bertz CT molecular complexity index is 349. The predicted octanol–water partition coefficient (Wildman–Crippen LogP) is 1.76. The van der Waals surface area contributed by atoms with E-state index in [1.165, 1.54) is 23.0 Å². The second kappa shape index (κ2) is 3.80. The van der Waals surface area contributed by atoms with Crippen LogP contribution in [0.15, 0.2) is 18.2 Å². The normalized spacial score (nSPS) is 14.2. The summed E-state index contributed by atoms with van der Waals surface area (Å²) in [4.78, 5) is 1.99. The van der Waals surface area contributed by atoms with E-state index < -0.39 is 0 Å². The van der Waals surface area contributed by atoms with Gasteiger partial charge in [0.2, 0.25) is 0 Å². The minimum absolute atomic E-state index is 0.665. The maximum atomic E-state index is 7.19. The largest absolute Gasteiger partial charge is 0.380 e. The molecule has 1 aliphatic heterocycles. The van der Waals surface area contributed by atoms with Gasteiger partial charge in [0.05, 0.1) is 12.9 Å². The highest BCUT2D eigenvalue weighted by molar-refractivity contribution is 5.54. The molecule has 74 valence electrons. The molecule has 0 fully saturated rings. The summed E-state index contributed by atoms with van der Waals surface area (Å²) in [6, 6.07) is 6.39. The molecule has 0 aliphatic carbocycles.